The van der Waals surface area contributed by atoms with Gasteiger partial charge in [0.25, 0.3) is 5.91 Å². The number of aliphatic hydroxyl groups is 1. The van der Waals surface area contributed by atoms with Gasteiger partial charge in [-0.1, -0.05) is 20.8 Å². The van der Waals surface area contributed by atoms with Crippen molar-refractivity contribution >= 4 is 11.6 Å². The average Bonchev–Trinajstić information content (AvgIpc) is 2.53. The largest absolute Gasteiger partial charge is 0.395 e. The Hall–Kier alpha value is -1.55. The number of hydrogen-bond acceptors (Lipinski definition) is 3. The Morgan fingerprint density at radius 2 is 1.81 bits per heavy atom. The highest BCUT2D eigenvalue weighted by Gasteiger charge is 2.21. The van der Waals surface area contributed by atoms with Crippen LogP contribution in [-0.2, 0) is 0 Å². The molecule has 0 fully saturated rings. The number of anilines is 1. The first-order chi connectivity index (χ1) is 10.2. The van der Waals surface area contributed by atoms with Crippen molar-refractivity contribution in [2.24, 2.45) is 0 Å². The van der Waals surface area contributed by atoms with Crippen LogP contribution in [0.5, 0.6) is 0 Å². The molecule has 0 bridgehead atoms. The van der Waals surface area contributed by atoms with Crippen molar-refractivity contribution in [3.8, 4) is 0 Å². The van der Waals surface area contributed by atoms with Gasteiger partial charge in [-0.05, 0) is 43.5 Å². The molecular weight excluding hydrogens is 264 g/mol. The molecule has 118 valence electrons. The lowest BCUT2D eigenvalue weighted by atomic mass is 10.1. The van der Waals surface area contributed by atoms with Gasteiger partial charge in [0, 0.05) is 30.4 Å². The summed E-state index contributed by atoms with van der Waals surface area (Å²) >= 11 is 0. The summed E-state index contributed by atoms with van der Waals surface area (Å²) in [6, 6.07) is 7.77. The van der Waals surface area contributed by atoms with E-state index in [2.05, 4.69) is 26.1 Å². The maximum Gasteiger partial charge on any atom is 0.254 e. The molecule has 0 spiro atoms. The third-order valence-corrected chi connectivity index (χ3v) is 3.70. The Morgan fingerprint density at radius 3 is 2.29 bits per heavy atom. The van der Waals surface area contributed by atoms with Crippen molar-refractivity contribution < 1.29 is 9.90 Å². The second kappa shape index (κ2) is 9.40. The molecule has 1 amide bonds. The Bertz CT molecular complexity index is 413. The molecule has 0 aliphatic heterocycles. The number of carbonyl (C=O) groups excluding carboxylic acids is 1. The number of benzene rings is 1. The topological polar surface area (TPSA) is 52.6 Å². The number of nitrogens with zero attached hydrogens (tertiary/aromatic N) is 1. The molecule has 4 heteroatoms. The first-order valence-corrected chi connectivity index (χ1v) is 7.93. The van der Waals surface area contributed by atoms with E-state index in [4.69, 9.17) is 0 Å². The minimum absolute atomic E-state index is 0.000193. The van der Waals surface area contributed by atoms with Crippen LogP contribution >= 0.6 is 0 Å². The third-order valence-electron chi connectivity index (χ3n) is 3.70. The van der Waals surface area contributed by atoms with Crippen molar-refractivity contribution in [2.75, 3.05) is 25.0 Å². The first kappa shape index (κ1) is 17.5. The number of nitrogens with one attached hydrogen (secondary N) is 1. The Balaban J connectivity index is 2.83. The van der Waals surface area contributed by atoms with E-state index in [0.29, 0.717) is 12.1 Å². The van der Waals surface area contributed by atoms with E-state index in [1.54, 1.807) is 4.90 Å². The van der Waals surface area contributed by atoms with Crippen LogP contribution in [0.3, 0.4) is 0 Å². The normalized spacial score (nSPS) is 10.7. The summed E-state index contributed by atoms with van der Waals surface area (Å²) in [7, 11) is 0. The summed E-state index contributed by atoms with van der Waals surface area (Å²) < 4.78 is 0. The summed E-state index contributed by atoms with van der Waals surface area (Å²) in [5.41, 5.74) is 1.71. The Labute approximate surface area is 128 Å². The van der Waals surface area contributed by atoms with E-state index in [-0.39, 0.29) is 18.6 Å². The summed E-state index contributed by atoms with van der Waals surface area (Å²) in [5, 5.41) is 12.5. The predicted molar refractivity (Wildman–Crippen MR) is 87.7 cm³/mol. The van der Waals surface area contributed by atoms with E-state index in [1.165, 1.54) is 0 Å². The number of amides is 1. The van der Waals surface area contributed by atoms with Gasteiger partial charge in [0.15, 0.2) is 0 Å². The fourth-order valence-electron chi connectivity index (χ4n) is 2.45. The molecule has 0 radical (unpaired) electrons. The molecule has 0 saturated heterocycles. The van der Waals surface area contributed by atoms with Crippen molar-refractivity contribution in [3.63, 3.8) is 0 Å². The van der Waals surface area contributed by atoms with Gasteiger partial charge in [-0.3, -0.25) is 4.79 Å². The van der Waals surface area contributed by atoms with E-state index >= 15 is 0 Å². The summed E-state index contributed by atoms with van der Waals surface area (Å²) in [6.45, 7) is 7.58. The SMILES string of the molecule is CCCNc1ccc(C(=O)N(CCO)C(CC)CC)cc1. The average molecular weight is 292 g/mol. The molecule has 0 aromatic heterocycles. The molecule has 0 unspecified atom stereocenters. The molecule has 1 aromatic rings. The molecule has 0 atom stereocenters. The molecule has 0 aliphatic rings. The monoisotopic (exact) mass is 292 g/mol. The Kier molecular flexibility index (Phi) is 7.83. The fraction of sp³-hybridized carbons (Fsp3) is 0.588. The van der Waals surface area contributed by atoms with Crippen LogP contribution in [0.1, 0.15) is 50.4 Å². The van der Waals surface area contributed by atoms with E-state index in [0.717, 1.165) is 31.5 Å². The van der Waals surface area contributed by atoms with Crippen LogP contribution in [0.4, 0.5) is 5.69 Å². The summed E-state index contributed by atoms with van der Waals surface area (Å²) in [5.74, 6) is -0.000193. The smallest absolute Gasteiger partial charge is 0.254 e. The minimum Gasteiger partial charge on any atom is -0.395 e. The summed E-state index contributed by atoms with van der Waals surface area (Å²) in [6.07, 6.45) is 2.87. The van der Waals surface area contributed by atoms with Gasteiger partial charge in [0.05, 0.1) is 6.61 Å². The van der Waals surface area contributed by atoms with Gasteiger partial charge in [-0.25, -0.2) is 0 Å². The van der Waals surface area contributed by atoms with Gasteiger partial charge in [-0.2, -0.15) is 0 Å². The molecule has 2 N–H and O–H groups in total. The number of rotatable bonds is 9. The van der Waals surface area contributed by atoms with Gasteiger partial charge in [-0.15, -0.1) is 0 Å². The highest BCUT2D eigenvalue weighted by atomic mass is 16.3. The van der Waals surface area contributed by atoms with Crippen molar-refractivity contribution in [1.82, 2.24) is 4.90 Å². The van der Waals surface area contributed by atoms with Gasteiger partial charge in [0.2, 0.25) is 0 Å². The number of carbonyl (C=O) groups is 1. The van der Waals surface area contributed by atoms with Crippen LogP contribution < -0.4 is 5.32 Å². The van der Waals surface area contributed by atoms with Crippen molar-refractivity contribution in [1.29, 1.82) is 0 Å². The lowest BCUT2D eigenvalue weighted by Crippen LogP contribution is -2.41. The van der Waals surface area contributed by atoms with Gasteiger partial charge < -0.3 is 15.3 Å². The molecule has 1 aromatic carbocycles. The van der Waals surface area contributed by atoms with E-state index in [1.807, 2.05) is 24.3 Å². The van der Waals surface area contributed by atoms with Gasteiger partial charge in [0.1, 0.15) is 0 Å². The zero-order valence-electron chi connectivity index (χ0n) is 13.4. The van der Waals surface area contributed by atoms with Crippen LogP contribution in [0.15, 0.2) is 24.3 Å². The minimum atomic E-state index is -0.00161. The molecule has 0 aliphatic carbocycles. The summed E-state index contributed by atoms with van der Waals surface area (Å²) in [4.78, 5) is 14.4. The van der Waals surface area contributed by atoms with Gasteiger partial charge >= 0.3 is 0 Å². The Morgan fingerprint density at radius 1 is 1.19 bits per heavy atom. The zero-order chi connectivity index (χ0) is 15.7. The van der Waals surface area contributed by atoms with Crippen LogP contribution in [-0.4, -0.2) is 41.7 Å². The maximum atomic E-state index is 12.6. The standard InChI is InChI=1S/C17H28N2O2/c1-4-11-18-15-9-7-14(8-10-15)17(21)19(12-13-20)16(5-2)6-3/h7-10,16,18,20H,4-6,11-13H2,1-3H3. The molecule has 4 nitrogen and oxygen atoms in total. The molecule has 1 rings (SSSR count). The predicted octanol–water partition coefficient (Wildman–Crippen LogP) is 3.13. The highest BCUT2D eigenvalue weighted by Crippen LogP contribution is 2.16. The number of hydrogen-bond donors (Lipinski definition) is 2. The zero-order valence-corrected chi connectivity index (χ0v) is 13.4. The third kappa shape index (κ3) is 5.05. The molecule has 0 heterocycles. The van der Waals surface area contributed by atoms with Crippen molar-refractivity contribution in [3.05, 3.63) is 29.8 Å². The molecule has 21 heavy (non-hydrogen) atoms. The number of aliphatic hydroxyl groups excluding tert-OH is 1. The van der Waals surface area contributed by atoms with Crippen LogP contribution in [0.25, 0.3) is 0 Å². The molecule has 0 saturated carbocycles. The first-order valence-electron chi connectivity index (χ1n) is 7.93. The van der Waals surface area contributed by atoms with Crippen LogP contribution in [0.2, 0.25) is 0 Å². The van der Waals surface area contributed by atoms with Crippen LogP contribution in [0, 0.1) is 0 Å². The fourth-order valence-corrected chi connectivity index (χ4v) is 2.45. The second-order valence-corrected chi connectivity index (χ2v) is 5.20. The highest BCUT2D eigenvalue weighted by molar-refractivity contribution is 5.94. The van der Waals surface area contributed by atoms with E-state index < -0.39 is 0 Å². The lowest BCUT2D eigenvalue weighted by molar-refractivity contribution is 0.0622. The second-order valence-electron chi connectivity index (χ2n) is 5.20. The maximum absolute atomic E-state index is 12.6. The molecular formula is C17H28N2O2. The lowest BCUT2D eigenvalue weighted by Gasteiger charge is -2.30. The van der Waals surface area contributed by atoms with E-state index in [9.17, 15) is 9.90 Å². The quantitative estimate of drug-likeness (QED) is 0.735. The van der Waals surface area contributed by atoms with Crippen molar-refractivity contribution in [2.45, 2.75) is 46.1 Å².